The molecule has 0 amide bonds. The van der Waals surface area contributed by atoms with Gasteiger partial charge in [0.25, 0.3) is 0 Å². The highest BCUT2D eigenvalue weighted by atomic mass is 16.6. The topological polar surface area (TPSA) is 52.6 Å². The van der Waals surface area contributed by atoms with Crippen LogP contribution in [0.1, 0.15) is 18.4 Å². The van der Waals surface area contributed by atoms with E-state index in [4.69, 9.17) is 9.47 Å². The third kappa shape index (κ3) is 3.92. The van der Waals surface area contributed by atoms with Crippen molar-refractivity contribution in [1.82, 2.24) is 0 Å². The molecule has 0 saturated carbocycles. The van der Waals surface area contributed by atoms with E-state index in [0.717, 1.165) is 0 Å². The van der Waals surface area contributed by atoms with Crippen LogP contribution < -0.4 is 4.74 Å². The standard InChI is InChI=1S/C17H16O4/c1-2-20-16(18)15(13-9-5-3-6-10-13)17(19)21-14-11-7-4-8-12-14/h3-12,15H,2H2,1H3. The number of benzene rings is 2. The van der Waals surface area contributed by atoms with Crippen molar-refractivity contribution in [3.63, 3.8) is 0 Å². The lowest BCUT2D eigenvalue weighted by molar-refractivity contribution is -0.152. The fourth-order valence-electron chi connectivity index (χ4n) is 1.90. The van der Waals surface area contributed by atoms with Gasteiger partial charge in [0.05, 0.1) is 6.61 Å². The Morgan fingerprint density at radius 1 is 0.905 bits per heavy atom. The van der Waals surface area contributed by atoms with Gasteiger partial charge in [0.15, 0.2) is 5.92 Å². The first-order chi connectivity index (χ1) is 10.2. The third-order valence-corrected chi connectivity index (χ3v) is 2.85. The molecule has 1 atom stereocenters. The van der Waals surface area contributed by atoms with Crippen molar-refractivity contribution < 1.29 is 19.1 Å². The summed E-state index contributed by atoms with van der Waals surface area (Å²) in [5, 5.41) is 0. The molecule has 1 unspecified atom stereocenters. The summed E-state index contributed by atoms with van der Waals surface area (Å²) in [6, 6.07) is 17.4. The summed E-state index contributed by atoms with van der Waals surface area (Å²) in [5.41, 5.74) is 0.553. The van der Waals surface area contributed by atoms with Gasteiger partial charge in [-0.1, -0.05) is 48.5 Å². The zero-order valence-corrected chi connectivity index (χ0v) is 11.7. The van der Waals surface area contributed by atoms with Crippen LogP contribution in [-0.4, -0.2) is 18.5 Å². The van der Waals surface area contributed by atoms with Gasteiger partial charge < -0.3 is 9.47 Å². The molecule has 0 aliphatic heterocycles. The van der Waals surface area contributed by atoms with E-state index in [-0.39, 0.29) is 6.61 Å². The summed E-state index contributed by atoms with van der Waals surface area (Å²) in [5.74, 6) is -1.94. The summed E-state index contributed by atoms with van der Waals surface area (Å²) in [6.45, 7) is 1.91. The minimum Gasteiger partial charge on any atom is -0.465 e. The normalized spacial score (nSPS) is 11.5. The van der Waals surface area contributed by atoms with Crippen molar-refractivity contribution in [1.29, 1.82) is 0 Å². The third-order valence-electron chi connectivity index (χ3n) is 2.85. The van der Waals surface area contributed by atoms with Crippen molar-refractivity contribution in [2.24, 2.45) is 0 Å². The van der Waals surface area contributed by atoms with E-state index in [9.17, 15) is 9.59 Å². The van der Waals surface area contributed by atoms with Crippen molar-refractivity contribution in [3.8, 4) is 5.75 Å². The molecule has 0 bridgehead atoms. The molecule has 0 aliphatic carbocycles. The second-order valence-electron chi connectivity index (χ2n) is 4.33. The Morgan fingerprint density at radius 3 is 2.05 bits per heavy atom. The molecule has 0 spiro atoms. The van der Waals surface area contributed by atoms with Gasteiger partial charge in [-0.3, -0.25) is 9.59 Å². The van der Waals surface area contributed by atoms with E-state index in [1.807, 2.05) is 12.1 Å². The molecule has 0 N–H and O–H groups in total. The molecule has 0 radical (unpaired) electrons. The zero-order valence-electron chi connectivity index (χ0n) is 11.7. The van der Waals surface area contributed by atoms with E-state index < -0.39 is 17.9 Å². The zero-order chi connectivity index (χ0) is 15.1. The summed E-state index contributed by atoms with van der Waals surface area (Å²) in [7, 11) is 0. The van der Waals surface area contributed by atoms with E-state index in [2.05, 4.69) is 0 Å². The average Bonchev–Trinajstić information content (AvgIpc) is 2.50. The Bertz CT molecular complexity index is 593. The number of hydrogen-bond acceptors (Lipinski definition) is 4. The molecular formula is C17H16O4. The van der Waals surface area contributed by atoms with Gasteiger partial charge in [0, 0.05) is 0 Å². The SMILES string of the molecule is CCOC(=O)C(C(=O)Oc1ccccc1)c1ccccc1. The smallest absolute Gasteiger partial charge is 0.330 e. The molecule has 21 heavy (non-hydrogen) atoms. The van der Waals surface area contributed by atoms with Crippen LogP contribution in [0, 0.1) is 0 Å². The Balaban J connectivity index is 2.23. The lowest BCUT2D eigenvalue weighted by Crippen LogP contribution is -2.28. The van der Waals surface area contributed by atoms with Crippen LogP contribution in [0.4, 0.5) is 0 Å². The van der Waals surface area contributed by atoms with Gasteiger partial charge in [0.2, 0.25) is 0 Å². The van der Waals surface area contributed by atoms with E-state index in [0.29, 0.717) is 11.3 Å². The number of rotatable bonds is 5. The Kier molecular flexibility index (Phi) is 5.10. The largest absolute Gasteiger partial charge is 0.465 e. The van der Waals surface area contributed by atoms with Crippen LogP contribution in [0.5, 0.6) is 5.75 Å². The minimum atomic E-state index is -1.08. The quantitative estimate of drug-likeness (QED) is 0.481. The fourth-order valence-corrected chi connectivity index (χ4v) is 1.90. The number of esters is 2. The van der Waals surface area contributed by atoms with E-state index >= 15 is 0 Å². The molecule has 0 aromatic heterocycles. The highest BCUT2D eigenvalue weighted by Gasteiger charge is 2.31. The molecule has 2 rings (SSSR count). The van der Waals surface area contributed by atoms with Gasteiger partial charge in [-0.25, -0.2) is 0 Å². The summed E-state index contributed by atoms with van der Waals surface area (Å²) < 4.78 is 10.2. The van der Waals surface area contributed by atoms with Crippen LogP contribution in [0.15, 0.2) is 60.7 Å². The molecular weight excluding hydrogens is 268 g/mol. The van der Waals surface area contributed by atoms with Crippen LogP contribution in [0.3, 0.4) is 0 Å². The van der Waals surface area contributed by atoms with E-state index in [1.165, 1.54) is 0 Å². The Hall–Kier alpha value is -2.62. The number of carbonyl (C=O) groups is 2. The lowest BCUT2D eigenvalue weighted by Gasteiger charge is -2.15. The monoisotopic (exact) mass is 284 g/mol. The molecule has 0 heterocycles. The van der Waals surface area contributed by atoms with Crippen molar-refractivity contribution in [2.45, 2.75) is 12.8 Å². The van der Waals surface area contributed by atoms with Crippen LogP contribution >= 0.6 is 0 Å². The van der Waals surface area contributed by atoms with Crippen molar-refractivity contribution in [3.05, 3.63) is 66.2 Å². The highest BCUT2D eigenvalue weighted by molar-refractivity contribution is 6.01. The van der Waals surface area contributed by atoms with Gasteiger partial charge in [-0.05, 0) is 24.6 Å². The number of para-hydroxylation sites is 1. The molecule has 0 saturated heterocycles. The summed E-state index contributed by atoms with van der Waals surface area (Å²) in [4.78, 5) is 24.4. The maximum Gasteiger partial charge on any atom is 0.330 e. The summed E-state index contributed by atoms with van der Waals surface area (Å²) >= 11 is 0. The molecule has 108 valence electrons. The second kappa shape index (κ2) is 7.24. The average molecular weight is 284 g/mol. The first kappa shape index (κ1) is 14.8. The maximum absolute atomic E-state index is 12.3. The molecule has 0 fully saturated rings. The number of hydrogen-bond donors (Lipinski definition) is 0. The van der Waals surface area contributed by atoms with E-state index in [1.54, 1.807) is 55.5 Å². The molecule has 0 aliphatic rings. The van der Waals surface area contributed by atoms with Crippen molar-refractivity contribution in [2.75, 3.05) is 6.61 Å². The van der Waals surface area contributed by atoms with Crippen LogP contribution in [0.2, 0.25) is 0 Å². The number of carbonyl (C=O) groups excluding carboxylic acids is 2. The van der Waals surface area contributed by atoms with Gasteiger partial charge in [-0.15, -0.1) is 0 Å². The first-order valence-corrected chi connectivity index (χ1v) is 6.70. The molecule has 4 nitrogen and oxygen atoms in total. The second-order valence-corrected chi connectivity index (χ2v) is 4.33. The van der Waals surface area contributed by atoms with Gasteiger partial charge in [0.1, 0.15) is 5.75 Å². The Labute approximate surface area is 123 Å². The molecule has 4 heteroatoms. The fraction of sp³-hybridized carbons (Fsp3) is 0.176. The van der Waals surface area contributed by atoms with Gasteiger partial charge >= 0.3 is 11.9 Å². The number of ether oxygens (including phenoxy) is 2. The predicted octanol–water partition coefficient (Wildman–Crippen LogP) is 2.94. The molecule has 2 aromatic rings. The highest BCUT2D eigenvalue weighted by Crippen LogP contribution is 2.21. The molecule has 2 aromatic carbocycles. The Morgan fingerprint density at radius 2 is 1.48 bits per heavy atom. The minimum absolute atomic E-state index is 0.209. The van der Waals surface area contributed by atoms with Crippen LogP contribution in [-0.2, 0) is 14.3 Å². The van der Waals surface area contributed by atoms with Gasteiger partial charge in [-0.2, -0.15) is 0 Å². The van der Waals surface area contributed by atoms with Crippen LogP contribution in [0.25, 0.3) is 0 Å². The first-order valence-electron chi connectivity index (χ1n) is 6.70. The lowest BCUT2D eigenvalue weighted by atomic mass is 9.99. The van der Waals surface area contributed by atoms with Crippen molar-refractivity contribution >= 4 is 11.9 Å². The summed E-state index contributed by atoms with van der Waals surface area (Å²) in [6.07, 6.45) is 0. The predicted molar refractivity (Wildman–Crippen MR) is 77.9 cm³/mol. The maximum atomic E-state index is 12.3.